The number of nitrogens with one attached hydrogen (secondary N) is 2. The highest BCUT2D eigenvalue weighted by atomic mass is 16.5. The highest BCUT2D eigenvalue weighted by Gasteiger charge is 2.29. The number of carboxylic acid groups (broad SMARTS) is 1. The number of oxazole rings is 2. The van der Waals surface area contributed by atoms with E-state index in [1.165, 1.54) is 6.26 Å². The number of carbonyl (C=O) groups is 2. The fraction of sp³-hybridized carbons (Fsp3) is 0.360. The monoisotopic (exact) mass is 534 g/mol. The van der Waals surface area contributed by atoms with Gasteiger partial charge in [0.1, 0.15) is 6.26 Å². The maximum atomic E-state index is 13.2. The zero-order valence-corrected chi connectivity index (χ0v) is 21.1. The van der Waals surface area contributed by atoms with Gasteiger partial charge in [-0.05, 0) is 25.5 Å². The third kappa shape index (κ3) is 5.18. The number of amides is 2. The third-order valence-electron chi connectivity index (χ3n) is 6.58. The Morgan fingerprint density at radius 2 is 1.95 bits per heavy atom. The molecule has 0 unspecified atom stereocenters. The molecule has 0 bridgehead atoms. The van der Waals surface area contributed by atoms with Gasteiger partial charge in [0.05, 0.1) is 24.9 Å². The van der Waals surface area contributed by atoms with Crippen LogP contribution in [0.5, 0.6) is 0 Å². The summed E-state index contributed by atoms with van der Waals surface area (Å²) in [6, 6.07) is 5.40. The van der Waals surface area contributed by atoms with Crippen LogP contribution in [0, 0.1) is 6.92 Å². The van der Waals surface area contributed by atoms with Crippen molar-refractivity contribution in [1.82, 2.24) is 25.3 Å². The lowest BCUT2D eigenvalue weighted by Gasteiger charge is -2.24. The molecule has 202 valence electrons. The Kier molecular flexibility index (Phi) is 6.44. The van der Waals surface area contributed by atoms with Crippen LogP contribution in [0.3, 0.4) is 0 Å². The number of nitrogens with zero attached hydrogens (tertiary/aromatic N) is 6. The van der Waals surface area contributed by atoms with Gasteiger partial charge in [-0.2, -0.15) is 4.98 Å². The van der Waals surface area contributed by atoms with Gasteiger partial charge in [-0.15, -0.1) is 0 Å². The number of rotatable bonds is 6. The van der Waals surface area contributed by atoms with E-state index >= 15 is 0 Å². The molecule has 1 atom stereocenters. The SMILES string of the molecule is Cc1cc(-c2nc(C(=O)Nc3cc4oc(N5CCOCC5)nc4nc3N3CC[C@@H](NC(=O)O)C3)co2)ccn1. The van der Waals surface area contributed by atoms with E-state index in [-0.39, 0.29) is 11.7 Å². The molecule has 0 radical (unpaired) electrons. The van der Waals surface area contributed by atoms with Crippen LogP contribution in [-0.2, 0) is 4.74 Å². The molecule has 39 heavy (non-hydrogen) atoms. The molecular formula is C25H26N8O6. The summed E-state index contributed by atoms with van der Waals surface area (Å²) in [4.78, 5) is 46.1. The lowest BCUT2D eigenvalue weighted by atomic mass is 10.2. The summed E-state index contributed by atoms with van der Waals surface area (Å²) < 4.78 is 17.0. The number of hydrogen-bond donors (Lipinski definition) is 3. The van der Waals surface area contributed by atoms with Crippen LogP contribution in [0.25, 0.3) is 22.7 Å². The average Bonchev–Trinajstić information content (AvgIpc) is 3.68. The van der Waals surface area contributed by atoms with Gasteiger partial charge < -0.3 is 39.1 Å². The van der Waals surface area contributed by atoms with Crippen LogP contribution in [0.2, 0.25) is 0 Å². The first-order valence-electron chi connectivity index (χ1n) is 12.5. The molecule has 3 N–H and O–H groups in total. The lowest BCUT2D eigenvalue weighted by molar-refractivity contribution is 0.102. The van der Waals surface area contributed by atoms with E-state index in [4.69, 9.17) is 23.7 Å². The fourth-order valence-electron chi connectivity index (χ4n) is 4.69. The van der Waals surface area contributed by atoms with Crippen LogP contribution in [-0.4, -0.2) is 82.5 Å². The lowest BCUT2D eigenvalue weighted by Crippen LogP contribution is -2.36. The first-order valence-corrected chi connectivity index (χ1v) is 12.5. The van der Waals surface area contributed by atoms with Crippen molar-refractivity contribution in [2.45, 2.75) is 19.4 Å². The van der Waals surface area contributed by atoms with Gasteiger partial charge in [-0.3, -0.25) is 9.78 Å². The molecule has 14 nitrogen and oxygen atoms in total. The second-order valence-corrected chi connectivity index (χ2v) is 9.34. The van der Waals surface area contributed by atoms with E-state index in [1.54, 1.807) is 18.3 Å². The van der Waals surface area contributed by atoms with Crippen LogP contribution in [0.1, 0.15) is 22.6 Å². The van der Waals surface area contributed by atoms with Gasteiger partial charge >= 0.3 is 6.09 Å². The topological polar surface area (TPSA) is 172 Å². The molecule has 2 fully saturated rings. The standard InChI is InChI=1S/C25H26N8O6/c1-14-10-15(2-4-26-14)23-29-18(13-38-23)22(34)28-17-11-19-20(31-24(39-19)32-6-8-37-9-7-32)30-21(17)33-5-3-16(12-33)27-25(35)36/h2,4,10-11,13,16,27H,3,5-9,12H2,1H3,(H,28,34)(H,35,36)/t16-/m1/s1. The molecule has 2 saturated heterocycles. The number of anilines is 3. The maximum absolute atomic E-state index is 13.2. The number of morpholine rings is 1. The van der Waals surface area contributed by atoms with E-state index in [1.807, 2.05) is 22.8 Å². The van der Waals surface area contributed by atoms with Crippen molar-refractivity contribution in [3.05, 3.63) is 42.0 Å². The molecule has 2 aliphatic heterocycles. The van der Waals surface area contributed by atoms with Crippen molar-refractivity contribution in [2.24, 2.45) is 0 Å². The second-order valence-electron chi connectivity index (χ2n) is 9.34. The summed E-state index contributed by atoms with van der Waals surface area (Å²) >= 11 is 0. The van der Waals surface area contributed by atoms with Crippen molar-refractivity contribution in [2.75, 3.05) is 54.5 Å². The van der Waals surface area contributed by atoms with Gasteiger partial charge in [0.15, 0.2) is 17.1 Å². The number of hydrogen-bond acceptors (Lipinski definition) is 11. The molecule has 6 heterocycles. The van der Waals surface area contributed by atoms with Gasteiger partial charge in [0.25, 0.3) is 11.9 Å². The quantitative estimate of drug-likeness (QED) is 0.330. The average molecular weight is 535 g/mol. The Morgan fingerprint density at radius 3 is 2.74 bits per heavy atom. The predicted molar refractivity (Wildman–Crippen MR) is 139 cm³/mol. The molecule has 6 rings (SSSR count). The Bertz CT molecular complexity index is 1530. The summed E-state index contributed by atoms with van der Waals surface area (Å²) in [6.45, 7) is 5.21. The predicted octanol–water partition coefficient (Wildman–Crippen LogP) is 2.52. The number of aromatic nitrogens is 4. The Labute approximate surface area is 222 Å². The number of ether oxygens (including phenoxy) is 1. The normalized spacial score (nSPS) is 17.5. The Hall–Kier alpha value is -4.72. The zero-order chi connectivity index (χ0) is 26.9. The Morgan fingerprint density at radius 1 is 1.10 bits per heavy atom. The summed E-state index contributed by atoms with van der Waals surface area (Å²) in [7, 11) is 0. The molecule has 4 aromatic rings. The van der Waals surface area contributed by atoms with E-state index in [0.29, 0.717) is 86.0 Å². The number of fused-ring (bicyclic) bond motifs is 1. The minimum Gasteiger partial charge on any atom is -0.465 e. The van der Waals surface area contributed by atoms with Crippen LogP contribution in [0.15, 0.2) is 39.5 Å². The summed E-state index contributed by atoms with van der Waals surface area (Å²) in [5.74, 6) is 0.262. The van der Waals surface area contributed by atoms with E-state index in [9.17, 15) is 9.59 Å². The van der Waals surface area contributed by atoms with E-state index < -0.39 is 12.0 Å². The number of pyridine rings is 2. The fourth-order valence-corrected chi connectivity index (χ4v) is 4.69. The van der Waals surface area contributed by atoms with E-state index in [2.05, 4.69) is 25.6 Å². The van der Waals surface area contributed by atoms with Gasteiger partial charge in [-0.25, -0.2) is 14.8 Å². The minimum absolute atomic E-state index is 0.0870. The van der Waals surface area contributed by atoms with Crippen molar-refractivity contribution in [3.8, 4) is 11.5 Å². The third-order valence-corrected chi connectivity index (χ3v) is 6.58. The maximum Gasteiger partial charge on any atom is 0.404 e. The number of aryl methyl sites for hydroxylation is 1. The first-order chi connectivity index (χ1) is 18.9. The zero-order valence-electron chi connectivity index (χ0n) is 21.1. The second kappa shape index (κ2) is 10.2. The van der Waals surface area contributed by atoms with Crippen LogP contribution in [0.4, 0.5) is 22.3 Å². The molecule has 0 saturated carbocycles. The highest BCUT2D eigenvalue weighted by molar-refractivity contribution is 6.05. The van der Waals surface area contributed by atoms with Crippen molar-refractivity contribution < 1.29 is 28.3 Å². The molecule has 2 aliphatic rings. The summed E-state index contributed by atoms with van der Waals surface area (Å²) in [6.07, 6.45) is 2.44. The largest absolute Gasteiger partial charge is 0.465 e. The van der Waals surface area contributed by atoms with Crippen molar-refractivity contribution in [1.29, 1.82) is 0 Å². The molecular weight excluding hydrogens is 508 g/mol. The van der Waals surface area contributed by atoms with Gasteiger partial charge in [0.2, 0.25) is 11.5 Å². The molecule has 0 aliphatic carbocycles. The van der Waals surface area contributed by atoms with Crippen molar-refractivity contribution in [3.63, 3.8) is 0 Å². The first kappa shape index (κ1) is 24.6. The molecule has 0 aromatic carbocycles. The molecule has 0 spiro atoms. The summed E-state index contributed by atoms with van der Waals surface area (Å²) in [5, 5.41) is 14.5. The van der Waals surface area contributed by atoms with Crippen LogP contribution < -0.4 is 20.4 Å². The summed E-state index contributed by atoms with van der Waals surface area (Å²) in [5.41, 5.74) is 2.77. The van der Waals surface area contributed by atoms with Crippen LogP contribution >= 0.6 is 0 Å². The van der Waals surface area contributed by atoms with Gasteiger partial charge in [0, 0.05) is 49.7 Å². The highest BCUT2D eigenvalue weighted by Crippen LogP contribution is 2.33. The van der Waals surface area contributed by atoms with E-state index in [0.717, 1.165) is 5.69 Å². The minimum atomic E-state index is -1.09. The smallest absolute Gasteiger partial charge is 0.404 e. The molecule has 4 aromatic heterocycles. The molecule has 14 heteroatoms. The number of carbonyl (C=O) groups excluding carboxylic acids is 1. The molecule has 2 amide bonds. The van der Waals surface area contributed by atoms with Gasteiger partial charge in [-0.1, -0.05) is 0 Å². The van der Waals surface area contributed by atoms with Crippen molar-refractivity contribution >= 4 is 40.8 Å². The Balaban J connectivity index is 1.31.